The summed E-state index contributed by atoms with van der Waals surface area (Å²) in [5, 5.41) is 14.3. The molecule has 0 aromatic carbocycles. The van der Waals surface area contributed by atoms with E-state index in [1.165, 1.54) is 0 Å². The van der Waals surface area contributed by atoms with Gasteiger partial charge in [0.15, 0.2) is 0 Å². The van der Waals surface area contributed by atoms with Crippen molar-refractivity contribution in [3.8, 4) is 0 Å². The van der Waals surface area contributed by atoms with Crippen LogP contribution in [-0.2, 0) is 19.1 Å². The summed E-state index contributed by atoms with van der Waals surface area (Å²) in [6, 6.07) is -0.479. The predicted molar refractivity (Wildman–Crippen MR) is 59.6 cm³/mol. The van der Waals surface area contributed by atoms with Crippen molar-refractivity contribution in [2.75, 3.05) is 19.8 Å². The van der Waals surface area contributed by atoms with E-state index < -0.39 is 17.9 Å². The van der Waals surface area contributed by atoms with Crippen LogP contribution in [0.3, 0.4) is 0 Å². The Morgan fingerprint density at radius 1 is 1.39 bits per heavy atom. The lowest BCUT2D eigenvalue weighted by atomic mass is 9.96. The zero-order valence-corrected chi connectivity index (χ0v) is 9.85. The second-order valence-corrected chi connectivity index (χ2v) is 4.64. The van der Waals surface area contributed by atoms with Gasteiger partial charge in [0.05, 0.1) is 25.2 Å². The predicted octanol–water partition coefficient (Wildman–Crippen LogP) is -1.27. The molecule has 2 fully saturated rings. The highest BCUT2D eigenvalue weighted by atomic mass is 16.5. The Kier molecular flexibility index (Phi) is 3.81. The minimum absolute atomic E-state index is 0.0494. The Hall–Kier alpha value is -1.63. The number of aliphatic carboxylic acids is 1. The van der Waals surface area contributed by atoms with Crippen LogP contribution in [0.25, 0.3) is 0 Å². The number of rotatable bonds is 3. The molecule has 2 aliphatic heterocycles. The summed E-state index contributed by atoms with van der Waals surface area (Å²) in [4.78, 5) is 33.8. The Morgan fingerprint density at radius 3 is 2.78 bits per heavy atom. The molecule has 0 radical (unpaired) electrons. The van der Waals surface area contributed by atoms with Crippen LogP contribution in [0.2, 0.25) is 0 Å². The van der Waals surface area contributed by atoms with Crippen molar-refractivity contribution < 1.29 is 24.2 Å². The van der Waals surface area contributed by atoms with Crippen LogP contribution in [0.4, 0.5) is 0 Å². The van der Waals surface area contributed by atoms with Crippen LogP contribution in [0.5, 0.6) is 0 Å². The van der Waals surface area contributed by atoms with Crippen LogP contribution in [0.1, 0.15) is 12.8 Å². The van der Waals surface area contributed by atoms with Crippen molar-refractivity contribution >= 4 is 17.8 Å². The smallest absolute Gasteiger partial charge is 0.311 e. The second-order valence-electron chi connectivity index (χ2n) is 4.64. The van der Waals surface area contributed by atoms with Crippen molar-refractivity contribution in [3.05, 3.63) is 0 Å². The highest BCUT2D eigenvalue weighted by molar-refractivity contribution is 5.84. The van der Waals surface area contributed by atoms with Gasteiger partial charge >= 0.3 is 5.97 Å². The molecule has 0 saturated carbocycles. The molecule has 3 N–H and O–H groups in total. The largest absolute Gasteiger partial charge is 0.481 e. The maximum Gasteiger partial charge on any atom is 0.311 e. The van der Waals surface area contributed by atoms with Crippen LogP contribution >= 0.6 is 0 Å². The van der Waals surface area contributed by atoms with E-state index >= 15 is 0 Å². The van der Waals surface area contributed by atoms with E-state index in [1.54, 1.807) is 0 Å². The number of carboxylic acids is 1. The van der Waals surface area contributed by atoms with Gasteiger partial charge in [0.2, 0.25) is 11.8 Å². The molecule has 2 amide bonds. The summed E-state index contributed by atoms with van der Waals surface area (Å²) in [7, 11) is 0. The molecule has 0 spiro atoms. The number of carbonyl (C=O) groups is 3. The fraction of sp³-hybridized carbons (Fsp3) is 0.727. The SMILES string of the molecule is O=C1CCC(C(=O)NC2COCC2C(=O)O)CN1. The molecular formula is C11H16N2O5. The zero-order chi connectivity index (χ0) is 13.1. The lowest BCUT2D eigenvalue weighted by Crippen LogP contribution is -2.49. The van der Waals surface area contributed by atoms with Crippen LogP contribution in [-0.4, -0.2) is 48.7 Å². The topological polar surface area (TPSA) is 105 Å². The Balaban J connectivity index is 1.87. The summed E-state index contributed by atoms with van der Waals surface area (Å²) in [5.74, 6) is -2.19. The van der Waals surface area contributed by atoms with Gasteiger partial charge in [-0.2, -0.15) is 0 Å². The molecule has 2 aliphatic rings. The van der Waals surface area contributed by atoms with Gasteiger partial charge in [-0.25, -0.2) is 0 Å². The first-order valence-corrected chi connectivity index (χ1v) is 5.95. The molecular weight excluding hydrogens is 240 g/mol. The third-order valence-corrected chi connectivity index (χ3v) is 3.36. The first kappa shape index (κ1) is 12.8. The quantitative estimate of drug-likeness (QED) is 0.584. The molecule has 0 bridgehead atoms. The molecule has 0 aromatic heterocycles. The van der Waals surface area contributed by atoms with E-state index in [0.717, 1.165) is 0 Å². The molecule has 7 heteroatoms. The van der Waals surface area contributed by atoms with E-state index in [-0.39, 0.29) is 30.9 Å². The van der Waals surface area contributed by atoms with Crippen LogP contribution < -0.4 is 10.6 Å². The number of amides is 2. The van der Waals surface area contributed by atoms with E-state index in [2.05, 4.69) is 10.6 Å². The fourth-order valence-corrected chi connectivity index (χ4v) is 2.20. The van der Waals surface area contributed by atoms with Gasteiger partial charge in [0, 0.05) is 13.0 Å². The first-order valence-electron chi connectivity index (χ1n) is 5.95. The molecule has 0 aliphatic carbocycles. The van der Waals surface area contributed by atoms with E-state index in [4.69, 9.17) is 9.84 Å². The van der Waals surface area contributed by atoms with Gasteiger partial charge in [-0.15, -0.1) is 0 Å². The molecule has 7 nitrogen and oxygen atoms in total. The van der Waals surface area contributed by atoms with Crippen molar-refractivity contribution in [2.45, 2.75) is 18.9 Å². The summed E-state index contributed by atoms with van der Waals surface area (Å²) in [6.45, 7) is 0.666. The van der Waals surface area contributed by atoms with E-state index in [9.17, 15) is 14.4 Å². The number of ether oxygens (including phenoxy) is 1. The lowest BCUT2D eigenvalue weighted by Gasteiger charge is -2.24. The van der Waals surface area contributed by atoms with Crippen LogP contribution in [0.15, 0.2) is 0 Å². The number of piperidine rings is 1. The van der Waals surface area contributed by atoms with E-state index in [0.29, 0.717) is 19.4 Å². The first-order chi connectivity index (χ1) is 8.58. The second kappa shape index (κ2) is 5.34. The molecule has 2 saturated heterocycles. The maximum absolute atomic E-state index is 11.9. The normalized spacial score (nSPS) is 31.8. The lowest BCUT2D eigenvalue weighted by molar-refractivity contribution is -0.142. The number of nitrogens with one attached hydrogen (secondary N) is 2. The maximum atomic E-state index is 11.9. The molecule has 100 valence electrons. The van der Waals surface area contributed by atoms with Gasteiger partial charge in [-0.05, 0) is 6.42 Å². The van der Waals surface area contributed by atoms with Gasteiger partial charge in [-0.1, -0.05) is 0 Å². The van der Waals surface area contributed by atoms with Gasteiger partial charge in [-0.3, -0.25) is 14.4 Å². The molecule has 2 rings (SSSR count). The third kappa shape index (κ3) is 2.79. The summed E-state index contributed by atoms with van der Waals surface area (Å²) < 4.78 is 5.07. The van der Waals surface area contributed by atoms with Gasteiger partial charge < -0.3 is 20.5 Å². The standard InChI is InChI=1S/C11H16N2O5/c14-9-2-1-6(3-12-9)10(15)13-8-5-18-4-7(8)11(16)17/h6-8H,1-5H2,(H,12,14)(H,13,15)(H,16,17). The summed E-state index contributed by atoms with van der Waals surface area (Å²) in [6.07, 6.45) is 0.838. The third-order valence-electron chi connectivity index (χ3n) is 3.36. The van der Waals surface area contributed by atoms with Crippen LogP contribution in [0, 0.1) is 11.8 Å². The molecule has 3 atom stereocenters. The van der Waals surface area contributed by atoms with Crippen molar-refractivity contribution in [1.82, 2.24) is 10.6 Å². The van der Waals surface area contributed by atoms with Crippen molar-refractivity contribution in [2.24, 2.45) is 11.8 Å². The van der Waals surface area contributed by atoms with Gasteiger partial charge in [0.25, 0.3) is 0 Å². The Bertz CT molecular complexity index is 360. The molecule has 18 heavy (non-hydrogen) atoms. The average molecular weight is 256 g/mol. The number of carboxylic acid groups (broad SMARTS) is 1. The molecule has 2 heterocycles. The number of hydrogen-bond acceptors (Lipinski definition) is 4. The van der Waals surface area contributed by atoms with Crippen molar-refractivity contribution in [1.29, 1.82) is 0 Å². The Labute approximate surface area is 104 Å². The fourth-order valence-electron chi connectivity index (χ4n) is 2.20. The minimum atomic E-state index is -0.963. The highest BCUT2D eigenvalue weighted by Gasteiger charge is 2.36. The Morgan fingerprint density at radius 2 is 2.17 bits per heavy atom. The average Bonchev–Trinajstić information content (AvgIpc) is 2.78. The van der Waals surface area contributed by atoms with E-state index in [1.807, 2.05) is 0 Å². The van der Waals surface area contributed by atoms with Crippen molar-refractivity contribution in [3.63, 3.8) is 0 Å². The number of hydrogen-bond donors (Lipinski definition) is 3. The van der Waals surface area contributed by atoms with Gasteiger partial charge in [0.1, 0.15) is 5.92 Å². The number of carbonyl (C=O) groups excluding carboxylic acids is 2. The zero-order valence-electron chi connectivity index (χ0n) is 9.85. The minimum Gasteiger partial charge on any atom is -0.481 e. The monoisotopic (exact) mass is 256 g/mol. The summed E-state index contributed by atoms with van der Waals surface area (Å²) in [5.41, 5.74) is 0. The molecule has 3 unspecified atom stereocenters. The molecule has 0 aromatic rings. The highest BCUT2D eigenvalue weighted by Crippen LogP contribution is 2.16. The summed E-state index contributed by atoms with van der Waals surface area (Å²) >= 11 is 0.